The monoisotopic (exact) mass is 458 g/mol. The van der Waals surface area contributed by atoms with Crippen LogP contribution in [-0.4, -0.2) is 28.1 Å². The molecule has 152 valence electrons. The van der Waals surface area contributed by atoms with Gasteiger partial charge in [-0.1, -0.05) is 15.9 Å². The lowest BCUT2D eigenvalue weighted by Gasteiger charge is -2.25. The number of aryl methyl sites for hydroxylation is 2. The maximum atomic E-state index is 12.8. The van der Waals surface area contributed by atoms with E-state index in [9.17, 15) is 14.4 Å². The van der Waals surface area contributed by atoms with Crippen molar-refractivity contribution in [3.05, 3.63) is 67.1 Å². The van der Waals surface area contributed by atoms with Crippen LogP contribution in [0.1, 0.15) is 24.2 Å². The molecule has 0 unspecified atom stereocenters. The molecule has 1 aromatic heterocycles. The third kappa shape index (κ3) is 3.85. The second-order valence-corrected chi connectivity index (χ2v) is 7.64. The van der Waals surface area contributed by atoms with Crippen molar-refractivity contribution in [1.82, 2.24) is 9.13 Å². The number of nitrogens with one attached hydrogen (secondary N) is 1. The molecule has 1 amide bonds. The molecule has 3 aromatic rings. The Morgan fingerprint density at radius 2 is 1.48 bits per heavy atom. The fourth-order valence-corrected chi connectivity index (χ4v) is 3.59. The highest BCUT2D eigenvalue weighted by Gasteiger charge is 2.17. The molecular weight excluding hydrogens is 436 g/mol. The van der Waals surface area contributed by atoms with E-state index in [1.807, 2.05) is 19.9 Å². The van der Waals surface area contributed by atoms with E-state index in [1.54, 1.807) is 44.4 Å². The minimum atomic E-state index is -0.610. The third-order valence-corrected chi connectivity index (χ3v) is 5.60. The van der Waals surface area contributed by atoms with Crippen LogP contribution in [-0.2, 0) is 14.1 Å². The summed E-state index contributed by atoms with van der Waals surface area (Å²) in [6.07, 6.45) is 0. The summed E-state index contributed by atoms with van der Waals surface area (Å²) in [6.45, 7) is 5.49. The number of fused-ring (bicyclic) bond motifs is 1. The quantitative estimate of drug-likeness (QED) is 0.595. The van der Waals surface area contributed by atoms with Crippen molar-refractivity contribution in [3.63, 3.8) is 0 Å². The van der Waals surface area contributed by atoms with Gasteiger partial charge in [0.2, 0.25) is 0 Å². The van der Waals surface area contributed by atoms with Crippen LogP contribution in [0.2, 0.25) is 0 Å². The summed E-state index contributed by atoms with van der Waals surface area (Å²) in [5.41, 5.74) is 1.90. The lowest BCUT2D eigenvalue weighted by atomic mass is 10.1. The molecule has 0 aliphatic carbocycles. The molecule has 0 aliphatic heterocycles. The lowest BCUT2D eigenvalue weighted by Crippen LogP contribution is -2.39. The summed E-state index contributed by atoms with van der Waals surface area (Å²) >= 11 is 3.37. The molecule has 1 heterocycles. The lowest BCUT2D eigenvalue weighted by molar-refractivity contribution is 0.102. The highest BCUT2D eigenvalue weighted by Crippen LogP contribution is 2.31. The van der Waals surface area contributed by atoms with Gasteiger partial charge in [-0.15, -0.1) is 0 Å². The Morgan fingerprint density at radius 3 is 2.00 bits per heavy atom. The van der Waals surface area contributed by atoms with Gasteiger partial charge in [-0.05, 0) is 50.2 Å². The molecular formula is C21H23BrN4O3. The minimum absolute atomic E-state index is 0.250. The van der Waals surface area contributed by atoms with Gasteiger partial charge < -0.3 is 19.4 Å². The first-order chi connectivity index (χ1) is 13.8. The second-order valence-electron chi connectivity index (χ2n) is 6.72. The Morgan fingerprint density at radius 1 is 0.966 bits per heavy atom. The molecule has 0 fully saturated rings. The maximum absolute atomic E-state index is 12.8. The first-order valence-electron chi connectivity index (χ1n) is 9.34. The average molecular weight is 459 g/mol. The Balaban J connectivity index is 2.21. The van der Waals surface area contributed by atoms with Crippen molar-refractivity contribution < 1.29 is 4.79 Å². The molecule has 8 heteroatoms. The van der Waals surface area contributed by atoms with Crippen molar-refractivity contribution in [3.8, 4) is 0 Å². The summed E-state index contributed by atoms with van der Waals surface area (Å²) in [5, 5.41) is 2.97. The molecule has 0 spiro atoms. The highest BCUT2D eigenvalue weighted by molar-refractivity contribution is 9.10. The van der Waals surface area contributed by atoms with E-state index in [-0.39, 0.29) is 5.91 Å². The van der Waals surface area contributed by atoms with E-state index >= 15 is 0 Å². The molecule has 0 saturated heterocycles. The van der Waals surface area contributed by atoms with E-state index in [0.29, 0.717) is 22.3 Å². The van der Waals surface area contributed by atoms with Crippen molar-refractivity contribution in [2.24, 2.45) is 14.1 Å². The summed E-state index contributed by atoms with van der Waals surface area (Å²) in [7, 11) is 3.14. The zero-order valence-electron chi connectivity index (χ0n) is 16.8. The summed E-state index contributed by atoms with van der Waals surface area (Å²) < 4.78 is 3.56. The second kappa shape index (κ2) is 8.24. The van der Waals surface area contributed by atoms with Crippen LogP contribution >= 0.6 is 15.9 Å². The van der Waals surface area contributed by atoms with Gasteiger partial charge in [0.1, 0.15) is 0 Å². The fraction of sp³-hybridized carbons (Fsp3) is 0.286. The van der Waals surface area contributed by atoms with Crippen LogP contribution in [0.3, 0.4) is 0 Å². The van der Waals surface area contributed by atoms with Crippen LogP contribution in [0.5, 0.6) is 0 Å². The number of hydrogen-bond acceptors (Lipinski definition) is 4. The summed E-state index contributed by atoms with van der Waals surface area (Å²) in [4.78, 5) is 39.4. The first-order valence-corrected chi connectivity index (χ1v) is 10.1. The average Bonchev–Trinajstić information content (AvgIpc) is 2.72. The molecule has 0 radical (unpaired) electrons. The largest absolute Gasteiger partial charge is 0.370 e. The van der Waals surface area contributed by atoms with Crippen molar-refractivity contribution in [2.75, 3.05) is 23.3 Å². The Labute approximate surface area is 176 Å². The highest BCUT2D eigenvalue weighted by atomic mass is 79.9. The number of nitrogens with zero attached hydrogens (tertiary/aromatic N) is 3. The number of rotatable bonds is 5. The Kier molecular flexibility index (Phi) is 5.93. The normalized spacial score (nSPS) is 10.9. The van der Waals surface area contributed by atoms with Crippen molar-refractivity contribution in [1.29, 1.82) is 0 Å². The Hall–Kier alpha value is -2.87. The fourth-order valence-electron chi connectivity index (χ4n) is 3.33. The first kappa shape index (κ1) is 20.9. The van der Waals surface area contributed by atoms with E-state index in [2.05, 4.69) is 26.1 Å². The number of halogens is 1. The molecule has 0 aliphatic rings. The van der Waals surface area contributed by atoms with Gasteiger partial charge in [-0.3, -0.25) is 14.4 Å². The van der Waals surface area contributed by atoms with Gasteiger partial charge in [0, 0.05) is 37.2 Å². The van der Waals surface area contributed by atoms with Gasteiger partial charge in [-0.2, -0.15) is 0 Å². The Bertz CT molecular complexity index is 1190. The van der Waals surface area contributed by atoms with Crippen LogP contribution < -0.4 is 21.3 Å². The van der Waals surface area contributed by atoms with Crippen LogP contribution in [0.25, 0.3) is 11.0 Å². The summed E-state index contributed by atoms with van der Waals surface area (Å²) in [6, 6.07) is 10.7. The van der Waals surface area contributed by atoms with Crippen LogP contribution in [0.15, 0.2) is 50.5 Å². The minimum Gasteiger partial charge on any atom is -0.370 e. The molecule has 1 N–H and O–H groups in total. The standard InChI is InChI=1S/C21H23BrN4O3/c1-5-26(6-2)16-12-18-17(24(3)20(28)21(29)25(18)4)11-15(16)23-19(27)13-7-9-14(22)10-8-13/h7-12H,5-6H2,1-4H3,(H,23,27). The van der Waals surface area contributed by atoms with Crippen molar-refractivity contribution >= 4 is 44.2 Å². The number of carbonyl (C=O) groups is 1. The maximum Gasteiger partial charge on any atom is 0.316 e. The number of hydrogen-bond donors (Lipinski definition) is 1. The predicted octanol–water partition coefficient (Wildman–Crippen LogP) is 3.10. The van der Waals surface area contributed by atoms with Gasteiger partial charge in [0.25, 0.3) is 5.91 Å². The molecule has 2 aromatic carbocycles. The number of carbonyl (C=O) groups excluding carboxylic acids is 1. The van der Waals surface area contributed by atoms with E-state index in [0.717, 1.165) is 23.2 Å². The number of benzene rings is 2. The molecule has 3 rings (SSSR count). The molecule has 0 atom stereocenters. The van der Waals surface area contributed by atoms with E-state index < -0.39 is 11.1 Å². The predicted molar refractivity (Wildman–Crippen MR) is 120 cm³/mol. The number of amides is 1. The summed E-state index contributed by atoms with van der Waals surface area (Å²) in [5.74, 6) is -0.250. The molecule has 7 nitrogen and oxygen atoms in total. The van der Waals surface area contributed by atoms with Gasteiger partial charge in [0.15, 0.2) is 0 Å². The van der Waals surface area contributed by atoms with Crippen LogP contribution in [0.4, 0.5) is 11.4 Å². The van der Waals surface area contributed by atoms with E-state index in [4.69, 9.17) is 0 Å². The van der Waals surface area contributed by atoms with Gasteiger partial charge in [0.05, 0.1) is 22.4 Å². The van der Waals surface area contributed by atoms with Crippen LogP contribution in [0, 0.1) is 0 Å². The molecule has 29 heavy (non-hydrogen) atoms. The topological polar surface area (TPSA) is 76.3 Å². The third-order valence-electron chi connectivity index (χ3n) is 5.07. The molecule has 0 saturated carbocycles. The zero-order chi connectivity index (χ0) is 21.3. The zero-order valence-corrected chi connectivity index (χ0v) is 18.4. The van der Waals surface area contributed by atoms with Gasteiger partial charge >= 0.3 is 11.1 Å². The SMILES string of the molecule is CCN(CC)c1cc2c(cc1NC(=O)c1ccc(Br)cc1)n(C)c(=O)c(=O)n2C. The van der Waals surface area contributed by atoms with Gasteiger partial charge in [-0.25, -0.2) is 0 Å². The molecule has 0 bridgehead atoms. The smallest absolute Gasteiger partial charge is 0.316 e. The number of anilines is 2. The number of aromatic nitrogens is 2. The van der Waals surface area contributed by atoms with E-state index in [1.165, 1.54) is 9.13 Å². The van der Waals surface area contributed by atoms with Crippen molar-refractivity contribution in [2.45, 2.75) is 13.8 Å².